The molecule has 0 spiro atoms. The Morgan fingerprint density at radius 1 is 1.06 bits per heavy atom. The Morgan fingerprint density at radius 2 is 1.29 bits per heavy atom. The third kappa shape index (κ3) is 22.2. The summed E-state index contributed by atoms with van der Waals surface area (Å²) in [5.74, 6) is 0.102. The fourth-order valence-corrected chi connectivity index (χ4v) is 0.765. The fourth-order valence-electron chi connectivity index (χ4n) is 0.356. The molecule has 17 heavy (non-hydrogen) atoms. The van der Waals surface area contributed by atoms with Crippen LogP contribution in [0.3, 0.4) is 0 Å². The molecular weight excluding hydrogens is 420 g/mol. The summed E-state index contributed by atoms with van der Waals surface area (Å²) in [4.78, 5) is 22.2. The van der Waals surface area contributed by atoms with E-state index in [2.05, 4.69) is 53.1 Å². The lowest BCUT2D eigenvalue weighted by molar-refractivity contribution is -0.127. The third-order valence-electron chi connectivity index (χ3n) is 1.09. The monoisotopic (exact) mass is 438 g/mol. The summed E-state index contributed by atoms with van der Waals surface area (Å²) in [6.07, 6.45) is 0. The quantitative estimate of drug-likeness (QED) is 0.530. The molecule has 2 atom stereocenters. The summed E-state index contributed by atoms with van der Waals surface area (Å²) in [7, 11) is 7.22. The van der Waals surface area contributed by atoms with Crippen molar-refractivity contribution >= 4 is 58.4 Å². The summed E-state index contributed by atoms with van der Waals surface area (Å²) in [5.41, 5.74) is 0. The van der Waals surface area contributed by atoms with E-state index in [4.69, 9.17) is 0 Å². The summed E-state index contributed by atoms with van der Waals surface area (Å²) in [6.45, 7) is 3.57. The highest BCUT2D eigenvalue weighted by Crippen LogP contribution is 2.02. The highest BCUT2D eigenvalue weighted by atomic mass is 79.9. The maximum Gasteiger partial charge on any atom is 0.235 e. The molecule has 7 heteroatoms. The first kappa shape index (κ1) is 22.7. The number of halogens is 3. The van der Waals surface area contributed by atoms with Crippen molar-refractivity contribution in [2.45, 2.75) is 23.5 Å². The Morgan fingerprint density at radius 3 is 1.29 bits per heavy atom. The topological polar surface area (TPSA) is 49.4 Å². The molecule has 0 aromatic rings. The second-order valence-electron chi connectivity index (χ2n) is 3.27. The van der Waals surface area contributed by atoms with Crippen molar-refractivity contribution in [2.75, 3.05) is 28.2 Å². The Labute approximate surface area is 129 Å². The molecule has 1 amide bonds. The van der Waals surface area contributed by atoms with E-state index in [1.165, 1.54) is 0 Å². The molecule has 0 aliphatic carbocycles. The molecule has 0 heterocycles. The van der Waals surface area contributed by atoms with Gasteiger partial charge in [-0.25, -0.2) is 0 Å². The maximum atomic E-state index is 10.7. The third-order valence-corrected chi connectivity index (χ3v) is 3.20. The molecule has 0 radical (unpaired) electrons. The van der Waals surface area contributed by atoms with Crippen molar-refractivity contribution < 1.29 is 9.59 Å². The predicted molar refractivity (Wildman–Crippen MR) is 84.4 cm³/mol. The zero-order valence-corrected chi connectivity index (χ0v) is 15.8. The number of nitrogens with one attached hydrogen (secondary N) is 1. The smallest absolute Gasteiger partial charge is 0.235 e. The molecule has 4 nitrogen and oxygen atoms in total. The standard InChI is InChI=1S/C5H10BrNO.C3H4Br2O.C2H7N/c1-4(6)5(8)7(2)3;1-2(4)3(5)6;1-3-2/h4H,1-3H3;2H,1H3;3H,1-2H3. The average molecular weight is 441 g/mol. The number of alkyl halides is 2. The van der Waals surface area contributed by atoms with Crippen molar-refractivity contribution in [3.05, 3.63) is 0 Å². The van der Waals surface area contributed by atoms with E-state index in [1.807, 2.05) is 21.0 Å². The molecule has 0 saturated heterocycles. The van der Waals surface area contributed by atoms with Gasteiger partial charge in [0.15, 0.2) is 0 Å². The van der Waals surface area contributed by atoms with E-state index in [0.29, 0.717) is 0 Å². The molecule has 0 aliphatic heterocycles. The predicted octanol–water partition coefficient (Wildman–Crippen LogP) is 2.38. The minimum atomic E-state index is -0.0579. The van der Waals surface area contributed by atoms with Crippen LogP contribution in [0.4, 0.5) is 0 Å². The van der Waals surface area contributed by atoms with Gasteiger partial charge in [-0.3, -0.25) is 9.59 Å². The van der Waals surface area contributed by atoms with Crippen LogP contribution < -0.4 is 5.32 Å². The SMILES string of the molecule is CC(Br)C(=O)Br.CC(Br)C(=O)N(C)C.CNC. The van der Waals surface area contributed by atoms with Crippen LogP contribution in [0.5, 0.6) is 0 Å². The van der Waals surface area contributed by atoms with Gasteiger partial charge in [-0.05, 0) is 43.9 Å². The van der Waals surface area contributed by atoms with Gasteiger partial charge in [-0.1, -0.05) is 31.9 Å². The summed E-state index contributed by atoms with van der Waals surface area (Å²) in [5, 5.41) is 2.75. The van der Waals surface area contributed by atoms with Gasteiger partial charge in [0.25, 0.3) is 0 Å². The van der Waals surface area contributed by atoms with E-state index >= 15 is 0 Å². The van der Waals surface area contributed by atoms with E-state index in [9.17, 15) is 9.59 Å². The van der Waals surface area contributed by atoms with Crippen LogP contribution in [0, 0.1) is 0 Å². The lowest BCUT2D eigenvalue weighted by Gasteiger charge is -2.10. The van der Waals surface area contributed by atoms with E-state index in [1.54, 1.807) is 25.9 Å². The summed E-state index contributed by atoms with van der Waals surface area (Å²) >= 11 is 8.94. The van der Waals surface area contributed by atoms with Gasteiger partial charge in [0, 0.05) is 14.1 Å². The van der Waals surface area contributed by atoms with Gasteiger partial charge >= 0.3 is 0 Å². The Bertz CT molecular complexity index is 200. The van der Waals surface area contributed by atoms with Crippen molar-refractivity contribution in [1.29, 1.82) is 0 Å². The number of amides is 1. The average Bonchev–Trinajstić information content (AvgIpc) is 2.18. The molecule has 1 N–H and O–H groups in total. The van der Waals surface area contributed by atoms with E-state index in [-0.39, 0.29) is 20.3 Å². The highest BCUT2D eigenvalue weighted by molar-refractivity contribution is 9.20. The first-order valence-corrected chi connectivity index (χ1v) is 7.51. The van der Waals surface area contributed by atoms with E-state index in [0.717, 1.165) is 0 Å². The van der Waals surface area contributed by atoms with Crippen LogP contribution in [0.25, 0.3) is 0 Å². The van der Waals surface area contributed by atoms with Gasteiger partial charge in [-0.2, -0.15) is 0 Å². The largest absolute Gasteiger partial charge is 0.348 e. The Balaban J connectivity index is -0.000000193. The number of rotatable bonds is 2. The second-order valence-corrected chi connectivity index (χ2v) is 6.80. The molecule has 0 aromatic heterocycles. The van der Waals surface area contributed by atoms with Crippen LogP contribution >= 0.6 is 47.8 Å². The molecule has 0 rings (SSSR count). The van der Waals surface area contributed by atoms with Gasteiger partial charge in [0.1, 0.15) is 0 Å². The minimum Gasteiger partial charge on any atom is -0.348 e. The van der Waals surface area contributed by atoms with Gasteiger partial charge in [-0.15, -0.1) is 0 Å². The van der Waals surface area contributed by atoms with E-state index < -0.39 is 0 Å². The van der Waals surface area contributed by atoms with Crippen LogP contribution in [-0.4, -0.2) is 53.3 Å². The molecule has 104 valence electrons. The Hall–Kier alpha value is 0.540. The Kier molecular flexibility index (Phi) is 19.5. The molecular formula is C10H21Br3N2O2. The molecule has 0 bridgehead atoms. The first-order valence-electron chi connectivity index (χ1n) is 4.88. The van der Waals surface area contributed by atoms with Crippen molar-refractivity contribution in [1.82, 2.24) is 10.2 Å². The fraction of sp³-hybridized carbons (Fsp3) is 0.800. The lowest BCUT2D eigenvalue weighted by atomic mass is 10.4. The second kappa shape index (κ2) is 14.6. The first-order chi connectivity index (χ1) is 7.61. The molecule has 0 fully saturated rings. The lowest BCUT2D eigenvalue weighted by Crippen LogP contribution is -2.27. The number of hydrogen-bond acceptors (Lipinski definition) is 3. The highest BCUT2D eigenvalue weighted by Gasteiger charge is 2.08. The summed E-state index contributed by atoms with van der Waals surface area (Å²) < 4.78 is -0.0116. The van der Waals surface area contributed by atoms with Crippen LogP contribution in [-0.2, 0) is 9.59 Å². The zero-order chi connectivity index (χ0) is 14.6. The number of carbonyl (C=O) groups excluding carboxylic acids is 2. The van der Waals surface area contributed by atoms with Crippen LogP contribution in [0.15, 0.2) is 0 Å². The number of carbonyl (C=O) groups is 2. The molecule has 2 unspecified atom stereocenters. The van der Waals surface area contributed by atoms with Gasteiger partial charge in [0.2, 0.25) is 10.6 Å². The maximum absolute atomic E-state index is 10.7. The van der Waals surface area contributed by atoms with Gasteiger partial charge < -0.3 is 10.2 Å². The minimum absolute atomic E-state index is 0.0116. The van der Waals surface area contributed by atoms with Gasteiger partial charge in [0.05, 0.1) is 9.65 Å². The summed E-state index contributed by atoms with van der Waals surface area (Å²) in [6, 6.07) is 0. The van der Waals surface area contributed by atoms with Crippen molar-refractivity contribution in [3.63, 3.8) is 0 Å². The normalized spacial score (nSPS) is 12.1. The number of hydrogen-bond donors (Lipinski definition) is 1. The van der Waals surface area contributed by atoms with Crippen LogP contribution in [0.2, 0.25) is 0 Å². The van der Waals surface area contributed by atoms with Crippen LogP contribution in [0.1, 0.15) is 13.8 Å². The van der Waals surface area contributed by atoms with Crippen molar-refractivity contribution in [2.24, 2.45) is 0 Å². The molecule has 0 saturated carbocycles. The molecule has 0 aliphatic rings. The zero-order valence-electron chi connectivity index (χ0n) is 11.1. The molecule has 0 aromatic carbocycles. The number of nitrogens with zero attached hydrogens (tertiary/aromatic N) is 1. The van der Waals surface area contributed by atoms with Crippen molar-refractivity contribution in [3.8, 4) is 0 Å².